The molecular weight excluding hydrogens is 609 g/mol. The van der Waals surface area contributed by atoms with E-state index in [4.69, 9.17) is 4.74 Å². The quantitative estimate of drug-likeness (QED) is 0.271. The van der Waals surface area contributed by atoms with Crippen LogP contribution in [-0.4, -0.2) is 25.9 Å². The van der Waals surface area contributed by atoms with Crippen LogP contribution >= 0.6 is 0 Å². The second kappa shape index (κ2) is 14.0. The van der Waals surface area contributed by atoms with Crippen molar-refractivity contribution in [3.8, 4) is 11.5 Å². The standard InChI is InChI=1S/C36H50O7S2/c37-44(38,39)35-31(25-13-5-1-6-14-25)21-29(22-32(35)26-15-7-2-8-16-26)43-30-23-33(27-17-9-3-10-18-27)36(45(40,41)42)34(24-30)28-19-11-4-12-20-28/h21-28H,1-20H2,(H,37,38,39)(H,40,41,42). The van der Waals surface area contributed by atoms with E-state index < -0.39 is 20.2 Å². The molecule has 0 radical (unpaired) electrons. The van der Waals surface area contributed by atoms with Crippen molar-refractivity contribution < 1.29 is 30.7 Å². The fourth-order valence-electron chi connectivity index (χ4n) is 9.01. The van der Waals surface area contributed by atoms with Crippen LogP contribution in [0.15, 0.2) is 34.1 Å². The molecule has 2 aromatic rings. The Hall–Kier alpha value is -1.94. The molecule has 0 unspecified atom stereocenters. The van der Waals surface area contributed by atoms with E-state index in [1.807, 2.05) is 24.3 Å². The monoisotopic (exact) mass is 658 g/mol. The first-order valence-electron chi connectivity index (χ1n) is 17.6. The molecule has 2 N–H and O–H groups in total. The molecule has 0 heterocycles. The zero-order valence-electron chi connectivity index (χ0n) is 26.5. The largest absolute Gasteiger partial charge is 0.457 e. The Bertz CT molecular complexity index is 1360. The fraction of sp³-hybridized carbons (Fsp3) is 0.667. The van der Waals surface area contributed by atoms with Gasteiger partial charge in [0, 0.05) is 0 Å². The van der Waals surface area contributed by atoms with Gasteiger partial charge in [-0.05, 0) is 122 Å². The summed E-state index contributed by atoms with van der Waals surface area (Å²) in [4.78, 5) is 0.169. The van der Waals surface area contributed by atoms with E-state index in [0.717, 1.165) is 128 Å². The lowest BCUT2D eigenvalue weighted by Gasteiger charge is -2.30. The van der Waals surface area contributed by atoms with Crippen molar-refractivity contribution in [3.05, 3.63) is 46.5 Å². The van der Waals surface area contributed by atoms with Gasteiger partial charge in [0.05, 0.1) is 0 Å². The molecular formula is C36H50O7S2. The smallest absolute Gasteiger partial charge is 0.295 e. The number of hydrogen-bond acceptors (Lipinski definition) is 5. The maximum absolute atomic E-state index is 13.0. The Morgan fingerprint density at radius 2 is 0.644 bits per heavy atom. The van der Waals surface area contributed by atoms with Gasteiger partial charge in [-0.25, -0.2) is 0 Å². The van der Waals surface area contributed by atoms with Gasteiger partial charge in [-0.2, -0.15) is 16.8 Å². The predicted molar refractivity (Wildman–Crippen MR) is 176 cm³/mol. The molecule has 0 spiro atoms. The second-order valence-electron chi connectivity index (χ2n) is 14.3. The van der Waals surface area contributed by atoms with Gasteiger partial charge >= 0.3 is 0 Å². The van der Waals surface area contributed by atoms with E-state index in [2.05, 4.69) is 0 Å². The van der Waals surface area contributed by atoms with E-state index in [-0.39, 0.29) is 33.5 Å². The Balaban J connectivity index is 1.50. The molecule has 0 saturated heterocycles. The van der Waals surface area contributed by atoms with Gasteiger partial charge in [-0.1, -0.05) is 77.0 Å². The van der Waals surface area contributed by atoms with Crippen LogP contribution in [0.2, 0.25) is 0 Å². The van der Waals surface area contributed by atoms with Gasteiger partial charge in [0.1, 0.15) is 21.3 Å². The summed E-state index contributed by atoms with van der Waals surface area (Å²) in [5.41, 5.74) is 2.63. The summed E-state index contributed by atoms with van der Waals surface area (Å²) in [6, 6.07) is 7.29. The average molecular weight is 659 g/mol. The Kier molecular flexibility index (Phi) is 10.3. The first kappa shape index (κ1) is 33.0. The molecule has 4 aliphatic carbocycles. The van der Waals surface area contributed by atoms with Gasteiger partial charge in [-0.3, -0.25) is 9.11 Å². The fourth-order valence-corrected chi connectivity index (χ4v) is 11.1. The topological polar surface area (TPSA) is 118 Å². The predicted octanol–water partition coefficient (Wildman–Crippen LogP) is 10.2. The Morgan fingerprint density at radius 1 is 0.422 bits per heavy atom. The normalized spacial score (nSPS) is 22.0. The highest BCUT2D eigenvalue weighted by Crippen LogP contribution is 2.47. The molecule has 0 bridgehead atoms. The van der Waals surface area contributed by atoms with Crippen LogP contribution < -0.4 is 4.74 Å². The molecule has 0 aromatic heterocycles. The van der Waals surface area contributed by atoms with Crippen LogP contribution in [0.3, 0.4) is 0 Å². The molecule has 0 amide bonds. The summed E-state index contributed by atoms with van der Waals surface area (Å²) in [5, 5.41) is 0. The zero-order valence-corrected chi connectivity index (χ0v) is 28.1. The lowest BCUT2D eigenvalue weighted by atomic mass is 9.79. The van der Waals surface area contributed by atoms with Crippen molar-refractivity contribution in [1.82, 2.24) is 0 Å². The van der Waals surface area contributed by atoms with Crippen LogP contribution in [0.25, 0.3) is 0 Å². The van der Waals surface area contributed by atoms with Gasteiger partial charge in [0.25, 0.3) is 20.2 Å². The molecule has 0 aliphatic heterocycles. The van der Waals surface area contributed by atoms with E-state index in [0.29, 0.717) is 33.8 Å². The average Bonchev–Trinajstić information content (AvgIpc) is 3.04. The lowest BCUT2D eigenvalue weighted by molar-refractivity contribution is 0.408. The Labute approximate surface area is 270 Å². The van der Waals surface area contributed by atoms with Crippen molar-refractivity contribution in [2.24, 2.45) is 0 Å². The molecule has 6 rings (SSSR count). The molecule has 9 heteroatoms. The molecule has 4 aliphatic rings. The summed E-state index contributed by atoms with van der Waals surface area (Å²) in [6.07, 6.45) is 19.6. The molecule has 2 aromatic carbocycles. The summed E-state index contributed by atoms with van der Waals surface area (Å²) in [5.74, 6) is 1.18. The first-order chi connectivity index (χ1) is 21.6. The van der Waals surface area contributed by atoms with Gasteiger partial charge in [0.2, 0.25) is 0 Å². The van der Waals surface area contributed by atoms with Gasteiger partial charge < -0.3 is 4.74 Å². The minimum atomic E-state index is -4.47. The number of rotatable bonds is 8. The van der Waals surface area contributed by atoms with E-state index in [9.17, 15) is 25.9 Å². The maximum atomic E-state index is 13.0. The van der Waals surface area contributed by atoms with Crippen LogP contribution in [0.5, 0.6) is 11.5 Å². The van der Waals surface area contributed by atoms with Crippen LogP contribution in [-0.2, 0) is 20.2 Å². The Morgan fingerprint density at radius 3 is 0.844 bits per heavy atom. The van der Waals surface area contributed by atoms with Gasteiger partial charge in [0.15, 0.2) is 0 Å². The third kappa shape index (κ3) is 7.63. The highest BCUT2D eigenvalue weighted by molar-refractivity contribution is 7.86. The third-order valence-corrected chi connectivity index (χ3v) is 13.1. The van der Waals surface area contributed by atoms with Crippen LogP contribution in [0.1, 0.15) is 174 Å². The molecule has 4 fully saturated rings. The van der Waals surface area contributed by atoms with E-state index in [1.54, 1.807) is 0 Å². The highest BCUT2D eigenvalue weighted by atomic mass is 32.2. The molecule has 4 saturated carbocycles. The summed E-state index contributed by atoms with van der Waals surface area (Å²) < 4.78 is 80.0. The lowest BCUT2D eigenvalue weighted by Crippen LogP contribution is -2.17. The SMILES string of the molecule is O=S(=O)(O)c1c(C2CCCCC2)cc(Oc2cc(C3CCCCC3)c(S(=O)(=O)O)c(C3CCCCC3)c2)cc1C1CCCCC1. The number of hydrogen-bond donors (Lipinski definition) is 2. The summed E-state index contributed by atoms with van der Waals surface area (Å²) in [6.45, 7) is 0. The molecule has 45 heavy (non-hydrogen) atoms. The van der Waals surface area contributed by atoms with Crippen molar-refractivity contribution >= 4 is 20.2 Å². The van der Waals surface area contributed by atoms with Crippen LogP contribution in [0, 0.1) is 0 Å². The molecule has 0 atom stereocenters. The summed E-state index contributed by atoms with van der Waals surface area (Å²) >= 11 is 0. The molecule has 7 nitrogen and oxygen atoms in total. The zero-order chi connectivity index (χ0) is 31.6. The maximum Gasteiger partial charge on any atom is 0.295 e. The first-order valence-corrected chi connectivity index (χ1v) is 20.5. The van der Waals surface area contributed by atoms with Crippen molar-refractivity contribution in [3.63, 3.8) is 0 Å². The van der Waals surface area contributed by atoms with E-state index >= 15 is 0 Å². The number of ether oxygens (including phenoxy) is 1. The highest BCUT2D eigenvalue weighted by Gasteiger charge is 2.34. The summed E-state index contributed by atoms with van der Waals surface area (Å²) in [7, 11) is -8.93. The minimum absolute atomic E-state index is 0.0269. The van der Waals surface area contributed by atoms with Crippen molar-refractivity contribution in [1.29, 1.82) is 0 Å². The van der Waals surface area contributed by atoms with Crippen LogP contribution in [0.4, 0.5) is 0 Å². The third-order valence-electron chi connectivity index (χ3n) is 11.2. The van der Waals surface area contributed by atoms with E-state index in [1.165, 1.54) is 0 Å². The van der Waals surface area contributed by atoms with Crippen molar-refractivity contribution in [2.45, 2.75) is 162 Å². The molecule has 248 valence electrons. The van der Waals surface area contributed by atoms with Crippen molar-refractivity contribution in [2.75, 3.05) is 0 Å². The minimum Gasteiger partial charge on any atom is -0.457 e. The second-order valence-corrected chi connectivity index (χ2v) is 17.0. The van der Waals surface area contributed by atoms with Gasteiger partial charge in [-0.15, -0.1) is 0 Å². The number of benzene rings is 2.